The zero-order valence-electron chi connectivity index (χ0n) is 12.1. The molecule has 2 aliphatic rings. The lowest BCUT2D eigenvalue weighted by Crippen LogP contribution is -2.52. The molecule has 2 fully saturated rings. The molecule has 0 amide bonds. The first-order valence-corrected chi connectivity index (χ1v) is 9.27. The van der Waals surface area contributed by atoms with Crippen LogP contribution in [0.2, 0.25) is 0 Å². The van der Waals surface area contributed by atoms with Gasteiger partial charge in [0.2, 0.25) is 0 Å². The second-order valence-electron chi connectivity index (χ2n) is 6.06. The Morgan fingerprint density at radius 1 is 1.30 bits per heavy atom. The second-order valence-corrected chi connectivity index (χ2v) is 8.47. The molecular weight excluding hydrogens is 294 g/mol. The predicted octanol–water partition coefficient (Wildman–Crippen LogP) is 1.49. The second kappa shape index (κ2) is 6.68. The minimum Gasteiger partial charge on any atom is -0.392 e. The minimum absolute atomic E-state index is 0.0683. The van der Waals surface area contributed by atoms with Crippen LogP contribution in [-0.4, -0.2) is 47.7 Å². The monoisotopic (exact) mass is 319 g/mol. The molecule has 1 saturated carbocycles. The van der Waals surface area contributed by atoms with E-state index in [0.717, 1.165) is 38.5 Å². The maximum Gasteiger partial charge on any atom is 0.282 e. The van der Waals surface area contributed by atoms with Crippen molar-refractivity contribution < 1.29 is 8.42 Å². The summed E-state index contributed by atoms with van der Waals surface area (Å²) >= 11 is 4.95. The SMILES string of the molecule is CC1CCCN(S(=O)(=O)N(CC(N)=S)C2CCCC2)C1. The molecular formula is C13H25N3O2S2. The summed E-state index contributed by atoms with van der Waals surface area (Å²) in [6.07, 6.45) is 6.06. The van der Waals surface area contributed by atoms with Crippen LogP contribution >= 0.6 is 12.2 Å². The summed E-state index contributed by atoms with van der Waals surface area (Å²) in [5.41, 5.74) is 5.62. The summed E-state index contributed by atoms with van der Waals surface area (Å²) in [7, 11) is -3.44. The Kier molecular flexibility index (Phi) is 5.39. The summed E-state index contributed by atoms with van der Waals surface area (Å²) in [5, 5.41) is 0. The molecule has 1 aliphatic carbocycles. The third-order valence-electron chi connectivity index (χ3n) is 4.29. The summed E-state index contributed by atoms with van der Waals surface area (Å²) in [4.78, 5) is 0.255. The molecule has 5 nitrogen and oxygen atoms in total. The van der Waals surface area contributed by atoms with Gasteiger partial charge >= 0.3 is 0 Å². The van der Waals surface area contributed by atoms with Crippen LogP contribution in [0.1, 0.15) is 45.4 Å². The van der Waals surface area contributed by atoms with E-state index < -0.39 is 10.2 Å². The number of hydrogen-bond acceptors (Lipinski definition) is 3. The van der Waals surface area contributed by atoms with Crippen LogP contribution in [0.5, 0.6) is 0 Å². The lowest BCUT2D eigenvalue weighted by atomic mass is 10.0. The lowest BCUT2D eigenvalue weighted by molar-refractivity contribution is 0.247. The quantitative estimate of drug-likeness (QED) is 0.780. The highest BCUT2D eigenvalue weighted by Crippen LogP contribution is 2.28. The molecule has 2 N–H and O–H groups in total. The van der Waals surface area contributed by atoms with E-state index in [1.165, 1.54) is 0 Å². The van der Waals surface area contributed by atoms with Crippen molar-refractivity contribution >= 4 is 27.4 Å². The molecule has 1 saturated heterocycles. The summed E-state index contributed by atoms with van der Waals surface area (Å²) in [5.74, 6) is 0.425. The molecule has 1 unspecified atom stereocenters. The van der Waals surface area contributed by atoms with E-state index in [-0.39, 0.29) is 17.6 Å². The first kappa shape index (κ1) is 16.1. The van der Waals surface area contributed by atoms with Gasteiger partial charge in [0, 0.05) is 19.1 Å². The van der Waals surface area contributed by atoms with E-state index >= 15 is 0 Å². The van der Waals surface area contributed by atoms with Crippen LogP contribution in [0.3, 0.4) is 0 Å². The predicted molar refractivity (Wildman–Crippen MR) is 84.6 cm³/mol. The van der Waals surface area contributed by atoms with Gasteiger partial charge in [-0.1, -0.05) is 32.0 Å². The van der Waals surface area contributed by atoms with E-state index in [0.29, 0.717) is 19.0 Å². The fraction of sp³-hybridized carbons (Fsp3) is 0.923. The van der Waals surface area contributed by atoms with Crippen molar-refractivity contribution in [1.29, 1.82) is 0 Å². The number of nitrogens with zero attached hydrogens (tertiary/aromatic N) is 2. The molecule has 0 spiro atoms. The van der Waals surface area contributed by atoms with E-state index in [1.54, 1.807) is 8.61 Å². The van der Waals surface area contributed by atoms with Crippen molar-refractivity contribution in [2.45, 2.75) is 51.5 Å². The molecule has 116 valence electrons. The molecule has 1 aliphatic heterocycles. The van der Waals surface area contributed by atoms with Crippen molar-refractivity contribution in [3.05, 3.63) is 0 Å². The molecule has 7 heteroatoms. The molecule has 0 aromatic carbocycles. The van der Waals surface area contributed by atoms with Crippen LogP contribution in [0.15, 0.2) is 0 Å². The van der Waals surface area contributed by atoms with Crippen molar-refractivity contribution in [3.8, 4) is 0 Å². The normalized spacial score (nSPS) is 26.2. The zero-order chi connectivity index (χ0) is 14.8. The van der Waals surface area contributed by atoms with E-state index in [4.69, 9.17) is 18.0 Å². The lowest BCUT2D eigenvalue weighted by Gasteiger charge is -2.36. The van der Waals surface area contributed by atoms with Gasteiger partial charge in [0.05, 0.1) is 11.5 Å². The van der Waals surface area contributed by atoms with Crippen LogP contribution in [0.4, 0.5) is 0 Å². The van der Waals surface area contributed by atoms with E-state index in [2.05, 4.69) is 6.92 Å². The van der Waals surface area contributed by atoms with Gasteiger partial charge in [-0.3, -0.25) is 0 Å². The summed E-state index contributed by atoms with van der Waals surface area (Å²) < 4.78 is 29.0. The van der Waals surface area contributed by atoms with Gasteiger partial charge in [-0.2, -0.15) is 17.0 Å². The highest BCUT2D eigenvalue weighted by Gasteiger charge is 2.37. The fourth-order valence-corrected chi connectivity index (χ4v) is 5.46. The largest absolute Gasteiger partial charge is 0.392 e. The van der Waals surface area contributed by atoms with Crippen LogP contribution < -0.4 is 5.73 Å². The molecule has 0 radical (unpaired) electrons. The number of thiocarbonyl (C=S) groups is 1. The molecule has 0 aromatic rings. The van der Waals surface area contributed by atoms with Crippen molar-refractivity contribution in [2.24, 2.45) is 11.7 Å². The maximum atomic E-state index is 12.9. The molecule has 0 aromatic heterocycles. The van der Waals surface area contributed by atoms with Crippen molar-refractivity contribution in [1.82, 2.24) is 8.61 Å². The number of piperidine rings is 1. The number of rotatable bonds is 5. The van der Waals surface area contributed by atoms with Gasteiger partial charge in [0.25, 0.3) is 10.2 Å². The van der Waals surface area contributed by atoms with Gasteiger partial charge < -0.3 is 5.73 Å². The minimum atomic E-state index is -3.44. The zero-order valence-corrected chi connectivity index (χ0v) is 13.8. The Morgan fingerprint density at radius 2 is 1.95 bits per heavy atom. The Labute approximate surface area is 127 Å². The first-order chi connectivity index (χ1) is 9.41. The van der Waals surface area contributed by atoms with Crippen molar-refractivity contribution in [3.63, 3.8) is 0 Å². The van der Waals surface area contributed by atoms with E-state index in [1.807, 2.05) is 0 Å². The number of hydrogen-bond donors (Lipinski definition) is 1. The Morgan fingerprint density at radius 3 is 2.50 bits per heavy atom. The van der Waals surface area contributed by atoms with Gasteiger partial charge in [0.15, 0.2) is 0 Å². The highest BCUT2D eigenvalue weighted by atomic mass is 32.2. The van der Waals surface area contributed by atoms with Crippen LogP contribution in [-0.2, 0) is 10.2 Å². The molecule has 0 bridgehead atoms. The molecule has 1 atom stereocenters. The van der Waals surface area contributed by atoms with Gasteiger partial charge in [-0.25, -0.2) is 0 Å². The van der Waals surface area contributed by atoms with Gasteiger partial charge in [-0.15, -0.1) is 0 Å². The third-order valence-corrected chi connectivity index (χ3v) is 6.42. The van der Waals surface area contributed by atoms with Crippen LogP contribution in [0, 0.1) is 5.92 Å². The Balaban J connectivity index is 2.18. The van der Waals surface area contributed by atoms with Crippen LogP contribution in [0.25, 0.3) is 0 Å². The third kappa shape index (κ3) is 3.69. The molecule has 20 heavy (non-hydrogen) atoms. The fourth-order valence-electron chi connectivity index (χ4n) is 3.25. The topological polar surface area (TPSA) is 66.6 Å². The standard InChI is InChI=1S/C13H25N3O2S2/c1-11-5-4-8-15(9-11)20(17,18)16(10-13(14)19)12-6-2-3-7-12/h11-12H,2-10H2,1H3,(H2,14,19). The number of nitrogens with two attached hydrogens (primary N) is 1. The summed E-state index contributed by atoms with van der Waals surface area (Å²) in [6, 6.07) is 0.0683. The Bertz CT molecular complexity index is 447. The average Bonchev–Trinajstić information content (AvgIpc) is 2.89. The summed E-state index contributed by atoms with van der Waals surface area (Å²) in [6.45, 7) is 3.51. The molecule has 2 rings (SSSR count). The van der Waals surface area contributed by atoms with E-state index in [9.17, 15) is 8.42 Å². The van der Waals surface area contributed by atoms with Gasteiger partial charge in [0.1, 0.15) is 0 Å². The maximum absolute atomic E-state index is 12.9. The Hall–Kier alpha value is -0.240. The van der Waals surface area contributed by atoms with Gasteiger partial charge in [-0.05, 0) is 31.6 Å². The highest BCUT2D eigenvalue weighted by molar-refractivity contribution is 7.87. The smallest absolute Gasteiger partial charge is 0.282 e. The first-order valence-electron chi connectivity index (χ1n) is 7.46. The van der Waals surface area contributed by atoms with Crippen molar-refractivity contribution in [2.75, 3.05) is 19.6 Å². The molecule has 1 heterocycles. The average molecular weight is 319 g/mol.